The van der Waals surface area contributed by atoms with Crippen LogP contribution in [0.2, 0.25) is 0 Å². The number of methoxy groups -OCH3 is 2. The normalized spacial score (nSPS) is 15.2. The average Bonchev–Trinajstić information content (AvgIpc) is 2.42. The van der Waals surface area contributed by atoms with Crippen molar-refractivity contribution >= 4 is 5.91 Å². The van der Waals surface area contributed by atoms with Gasteiger partial charge in [0, 0.05) is 25.0 Å². The molecule has 21 heavy (non-hydrogen) atoms. The van der Waals surface area contributed by atoms with E-state index in [0.717, 1.165) is 18.7 Å². The lowest BCUT2D eigenvalue weighted by Crippen LogP contribution is -2.52. The van der Waals surface area contributed by atoms with Crippen LogP contribution in [-0.4, -0.2) is 39.8 Å². The fourth-order valence-corrected chi connectivity index (χ4v) is 2.29. The summed E-state index contributed by atoms with van der Waals surface area (Å²) in [5.74, 6) is 1.66. The summed E-state index contributed by atoms with van der Waals surface area (Å²) in [5.41, 5.74) is 0.930. The Hall–Kier alpha value is -1.75. The Bertz CT molecular complexity index is 510. The second-order valence-corrected chi connectivity index (χ2v) is 6.03. The number of nitrogens with one attached hydrogen (secondary N) is 2. The van der Waals surface area contributed by atoms with Gasteiger partial charge in [0.15, 0.2) is 11.5 Å². The summed E-state index contributed by atoms with van der Waals surface area (Å²) in [4.78, 5) is 11.9. The first-order chi connectivity index (χ1) is 9.97. The van der Waals surface area contributed by atoms with Crippen molar-refractivity contribution in [2.24, 2.45) is 5.92 Å². The molecule has 0 bridgehead atoms. The minimum absolute atomic E-state index is 0.117. The molecular formula is C16H24N2O3. The third-order valence-electron chi connectivity index (χ3n) is 4.02. The number of hydrogen-bond acceptors (Lipinski definition) is 4. The van der Waals surface area contributed by atoms with Gasteiger partial charge in [-0.3, -0.25) is 4.79 Å². The van der Waals surface area contributed by atoms with E-state index in [1.54, 1.807) is 14.2 Å². The second kappa shape index (κ2) is 6.35. The number of rotatable bonds is 6. The van der Waals surface area contributed by atoms with Gasteiger partial charge >= 0.3 is 0 Å². The van der Waals surface area contributed by atoms with E-state index in [2.05, 4.69) is 24.5 Å². The molecule has 1 aliphatic rings. The zero-order valence-corrected chi connectivity index (χ0v) is 13.2. The quantitative estimate of drug-likeness (QED) is 0.830. The zero-order valence-electron chi connectivity index (χ0n) is 13.2. The van der Waals surface area contributed by atoms with Gasteiger partial charge in [-0.15, -0.1) is 0 Å². The maximum Gasteiger partial charge on any atom is 0.225 e. The van der Waals surface area contributed by atoms with E-state index in [1.165, 1.54) is 0 Å². The number of hydrogen-bond donors (Lipinski definition) is 2. The lowest BCUT2D eigenvalue weighted by Gasteiger charge is -2.30. The molecule has 0 unspecified atom stereocenters. The lowest BCUT2D eigenvalue weighted by atomic mass is 9.84. The third kappa shape index (κ3) is 3.47. The predicted octanol–water partition coefficient (Wildman–Crippen LogP) is 1.32. The highest BCUT2D eigenvalue weighted by Crippen LogP contribution is 2.32. The van der Waals surface area contributed by atoms with Crippen molar-refractivity contribution < 1.29 is 14.3 Å². The molecule has 116 valence electrons. The standard InChI is InChI=1S/C16H24N2O3/c1-16(2,10-18-15(19)11-8-17-9-11)12-5-6-13(20-3)14(7-12)21-4/h5-7,11,17H,8-10H2,1-4H3,(H,18,19). The van der Waals surface area contributed by atoms with Gasteiger partial charge in [-0.1, -0.05) is 19.9 Å². The van der Waals surface area contributed by atoms with Gasteiger partial charge in [-0.05, 0) is 17.7 Å². The van der Waals surface area contributed by atoms with E-state index in [1.807, 2.05) is 18.2 Å². The molecule has 1 saturated heterocycles. The Balaban J connectivity index is 2.05. The monoisotopic (exact) mass is 292 g/mol. The van der Waals surface area contributed by atoms with Crippen LogP contribution in [0.1, 0.15) is 19.4 Å². The fraction of sp³-hybridized carbons (Fsp3) is 0.562. The van der Waals surface area contributed by atoms with Crippen molar-refractivity contribution in [3.8, 4) is 11.5 Å². The largest absolute Gasteiger partial charge is 0.493 e. The van der Waals surface area contributed by atoms with Crippen LogP contribution >= 0.6 is 0 Å². The number of ether oxygens (including phenoxy) is 2. The third-order valence-corrected chi connectivity index (χ3v) is 4.02. The summed E-state index contributed by atoms with van der Waals surface area (Å²) < 4.78 is 10.6. The van der Waals surface area contributed by atoms with Gasteiger partial charge in [0.1, 0.15) is 0 Å². The molecule has 0 aromatic heterocycles. The summed E-state index contributed by atoms with van der Waals surface area (Å²) in [6.07, 6.45) is 0. The molecular weight excluding hydrogens is 268 g/mol. The smallest absolute Gasteiger partial charge is 0.225 e. The van der Waals surface area contributed by atoms with Gasteiger partial charge in [0.25, 0.3) is 0 Å². The van der Waals surface area contributed by atoms with Crippen molar-refractivity contribution in [2.45, 2.75) is 19.3 Å². The number of carbonyl (C=O) groups excluding carboxylic acids is 1. The first-order valence-corrected chi connectivity index (χ1v) is 7.19. The van der Waals surface area contributed by atoms with Gasteiger partial charge < -0.3 is 20.1 Å². The second-order valence-electron chi connectivity index (χ2n) is 6.03. The van der Waals surface area contributed by atoms with Crippen molar-refractivity contribution in [1.82, 2.24) is 10.6 Å². The molecule has 0 aliphatic carbocycles. The fourth-order valence-electron chi connectivity index (χ4n) is 2.29. The van der Waals surface area contributed by atoms with E-state index >= 15 is 0 Å². The Labute approximate surface area is 126 Å². The first-order valence-electron chi connectivity index (χ1n) is 7.19. The van der Waals surface area contributed by atoms with Crippen LogP contribution in [0.3, 0.4) is 0 Å². The molecule has 1 heterocycles. The molecule has 1 aromatic carbocycles. The topological polar surface area (TPSA) is 59.6 Å². The van der Waals surface area contributed by atoms with Crippen LogP contribution in [0.25, 0.3) is 0 Å². The molecule has 5 heteroatoms. The van der Waals surface area contributed by atoms with E-state index in [0.29, 0.717) is 18.0 Å². The summed E-state index contributed by atoms with van der Waals surface area (Å²) in [7, 11) is 3.25. The highest BCUT2D eigenvalue weighted by molar-refractivity contribution is 5.80. The number of benzene rings is 1. The van der Waals surface area contributed by atoms with Crippen LogP contribution in [-0.2, 0) is 10.2 Å². The van der Waals surface area contributed by atoms with E-state index in [-0.39, 0.29) is 17.2 Å². The molecule has 0 spiro atoms. The molecule has 5 nitrogen and oxygen atoms in total. The Morgan fingerprint density at radius 3 is 2.48 bits per heavy atom. The summed E-state index contributed by atoms with van der Waals surface area (Å²) >= 11 is 0. The average molecular weight is 292 g/mol. The SMILES string of the molecule is COc1ccc(C(C)(C)CNC(=O)C2CNC2)cc1OC. The van der Waals surface area contributed by atoms with Crippen molar-refractivity contribution in [2.75, 3.05) is 33.9 Å². The Morgan fingerprint density at radius 1 is 1.29 bits per heavy atom. The van der Waals surface area contributed by atoms with Crippen LogP contribution in [0.4, 0.5) is 0 Å². The first kappa shape index (κ1) is 15.6. The molecule has 2 rings (SSSR count). The lowest BCUT2D eigenvalue weighted by molar-refractivity contribution is -0.126. The van der Waals surface area contributed by atoms with Crippen LogP contribution in [0, 0.1) is 5.92 Å². The van der Waals surface area contributed by atoms with E-state index in [4.69, 9.17) is 9.47 Å². The maximum absolute atomic E-state index is 11.9. The molecule has 1 aliphatic heterocycles. The molecule has 0 saturated carbocycles. The Kier molecular flexibility index (Phi) is 4.73. The predicted molar refractivity (Wildman–Crippen MR) is 81.9 cm³/mol. The van der Waals surface area contributed by atoms with Crippen LogP contribution in [0.5, 0.6) is 11.5 Å². The van der Waals surface area contributed by atoms with Crippen LogP contribution in [0.15, 0.2) is 18.2 Å². The minimum Gasteiger partial charge on any atom is -0.493 e. The van der Waals surface area contributed by atoms with Crippen molar-refractivity contribution in [3.05, 3.63) is 23.8 Å². The van der Waals surface area contributed by atoms with E-state index in [9.17, 15) is 4.79 Å². The zero-order chi connectivity index (χ0) is 15.5. The minimum atomic E-state index is -0.174. The van der Waals surface area contributed by atoms with Gasteiger partial charge in [-0.25, -0.2) is 0 Å². The van der Waals surface area contributed by atoms with Crippen molar-refractivity contribution in [3.63, 3.8) is 0 Å². The van der Waals surface area contributed by atoms with Crippen molar-refractivity contribution in [1.29, 1.82) is 0 Å². The highest BCUT2D eigenvalue weighted by Gasteiger charge is 2.28. The summed E-state index contributed by atoms with van der Waals surface area (Å²) in [5, 5.41) is 6.15. The number of carbonyl (C=O) groups is 1. The summed E-state index contributed by atoms with van der Waals surface area (Å²) in [6.45, 7) is 6.37. The highest BCUT2D eigenvalue weighted by atomic mass is 16.5. The molecule has 1 fully saturated rings. The Morgan fingerprint density at radius 2 is 1.95 bits per heavy atom. The van der Waals surface area contributed by atoms with Gasteiger partial charge in [0.05, 0.1) is 20.1 Å². The molecule has 1 aromatic rings. The van der Waals surface area contributed by atoms with E-state index < -0.39 is 0 Å². The molecule has 2 N–H and O–H groups in total. The molecule has 1 amide bonds. The molecule has 0 atom stereocenters. The number of amides is 1. The maximum atomic E-state index is 11.9. The molecule has 0 radical (unpaired) electrons. The van der Waals surface area contributed by atoms with Gasteiger partial charge in [0.2, 0.25) is 5.91 Å². The van der Waals surface area contributed by atoms with Crippen LogP contribution < -0.4 is 20.1 Å². The summed E-state index contributed by atoms with van der Waals surface area (Å²) in [6, 6.07) is 5.88. The van der Waals surface area contributed by atoms with Gasteiger partial charge in [-0.2, -0.15) is 0 Å².